The molecule has 1 amide bonds. The molecule has 1 heterocycles. The van der Waals surface area contributed by atoms with Crippen molar-refractivity contribution in [1.82, 2.24) is 4.31 Å². The fourth-order valence-electron chi connectivity index (χ4n) is 3.10. The average Bonchev–Trinajstić information content (AvgIpc) is 2.70. The summed E-state index contributed by atoms with van der Waals surface area (Å²) in [6, 6.07) is 12.4. The molecule has 0 saturated carbocycles. The second kappa shape index (κ2) is 8.43. The van der Waals surface area contributed by atoms with Gasteiger partial charge in [-0.25, -0.2) is 8.42 Å². The van der Waals surface area contributed by atoms with Crippen LogP contribution in [0.2, 0.25) is 0 Å². The van der Waals surface area contributed by atoms with Crippen molar-refractivity contribution in [2.24, 2.45) is 0 Å². The second-order valence-electron chi connectivity index (χ2n) is 7.23. The molecule has 1 fully saturated rings. The van der Waals surface area contributed by atoms with Crippen molar-refractivity contribution in [3.8, 4) is 0 Å². The first-order valence-electron chi connectivity index (χ1n) is 9.39. The summed E-state index contributed by atoms with van der Waals surface area (Å²) in [6.07, 6.45) is 0. The molecule has 150 valence electrons. The summed E-state index contributed by atoms with van der Waals surface area (Å²) in [5.74, 6) is 0.121. The molecular formula is C21H26N2O4S. The van der Waals surface area contributed by atoms with Crippen LogP contribution in [0.1, 0.15) is 41.3 Å². The second-order valence-corrected chi connectivity index (χ2v) is 9.13. The lowest BCUT2D eigenvalue weighted by Gasteiger charge is -2.26. The van der Waals surface area contributed by atoms with Crippen LogP contribution in [0, 0.1) is 6.92 Å². The number of hydrogen-bond acceptors (Lipinski definition) is 4. The molecule has 0 aliphatic carbocycles. The van der Waals surface area contributed by atoms with Crippen LogP contribution in [0.3, 0.4) is 0 Å². The number of hydrogen-bond donors (Lipinski definition) is 1. The van der Waals surface area contributed by atoms with E-state index in [0.29, 0.717) is 49.0 Å². The minimum atomic E-state index is -3.63. The van der Waals surface area contributed by atoms with Gasteiger partial charge >= 0.3 is 0 Å². The van der Waals surface area contributed by atoms with E-state index >= 15 is 0 Å². The Balaban J connectivity index is 1.82. The Hall–Kier alpha value is -2.22. The Morgan fingerprint density at radius 2 is 1.71 bits per heavy atom. The van der Waals surface area contributed by atoms with E-state index in [0.717, 1.165) is 5.56 Å². The highest BCUT2D eigenvalue weighted by atomic mass is 32.2. The Bertz CT molecular complexity index is 947. The van der Waals surface area contributed by atoms with E-state index in [1.807, 2.05) is 12.1 Å². The smallest absolute Gasteiger partial charge is 0.255 e. The molecule has 0 radical (unpaired) electrons. The highest BCUT2D eigenvalue weighted by Gasteiger charge is 2.28. The number of nitrogens with zero attached hydrogens (tertiary/aromatic N) is 1. The maximum absolute atomic E-state index is 13.0. The molecule has 2 aromatic rings. The topological polar surface area (TPSA) is 75.7 Å². The predicted octanol–water partition coefficient (Wildman–Crippen LogP) is 3.39. The summed E-state index contributed by atoms with van der Waals surface area (Å²) >= 11 is 0. The Kier molecular flexibility index (Phi) is 6.17. The highest BCUT2D eigenvalue weighted by Crippen LogP contribution is 2.25. The lowest BCUT2D eigenvalue weighted by atomic mass is 10.0. The van der Waals surface area contributed by atoms with Crippen LogP contribution in [0.15, 0.2) is 47.4 Å². The number of carbonyl (C=O) groups is 1. The zero-order valence-corrected chi connectivity index (χ0v) is 17.3. The van der Waals surface area contributed by atoms with Crippen molar-refractivity contribution in [2.75, 3.05) is 31.6 Å². The highest BCUT2D eigenvalue weighted by molar-refractivity contribution is 7.89. The first-order valence-corrected chi connectivity index (χ1v) is 10.8. The summed E-state index contributed by atoms with van der Waals surface area (Å²) in [5, 5.41) is 2.80. The lowest BCUT2D eigenvalue weighted by molar-refractivity contribution is 0.0730. The van der Waals surface area contributed by atoms with Crippen LogP contribution >= 0.6 is 0 Å². The van der Waals surface area contributed by atoms with Crippen molar-refractivity contribution in [1.29, 1.82) is 0 Å². The van der Waals surface area contributed by atoms with Gasteiger partial charge < -0.3 is 10.1 Å². The maximum atomic E-state index is 13.0. The molecule has 2 aromatic carbocycles. The third-order valence-corrected chi connectivity index (χ3v) is 6.91. The molecule has 1 aliphatic heterocycles. The normalized spacial score (nSPS) is 15.6. The Morgan fingerprint density at radius 3 is 2.32 bits per heavy atom. The van der Waals surface area contributed by atoms with Crippen LogP contribution in [0.4, 0.5) is 5.69 Å². The average molecular weight is 403 g/mol. The molecule has 28 heavy (non-hydrogen) atoms. The summed E-state index contributed by atoms with van der Waals surface area (Å²) in [6.45, 7) is 7.39. The van der Waals surface area contributed by atoms with Gasteiger partial charge in [0.15, 0.2) is 0 Å². The fourth-order valence-corrected chi connectivity index (χ4v) is 4.76. The summed E-state index contributed by atoms with van der Waals surface area (Å²) in [4.78, 5) is 12.8. The van der Waals surface area contributed by atoms with Gasteiger partial charge in [-0.15, -0.1) is 0 Å². The van der Waals surface area contributed by atoms with Crippen molar-refractivity contribution in [3.63, 3.8) is 0 Å². The first kappa shape index (κ1) is 20.5. The minimum Gasteiger partial charge on any atom is -0.379 e. The minimum absolute atomic E-state index is 0.211. The Morgan fingerprint density at radius 1 is 1.07 bits per heavy atom. The van der Waals surface area contributed by atoms with Gasteiger partial charge in [-0.05, 0) is 48.2 Å². The maximum Gasteiger partial charge on any atom is 0.255 e. The molecule has 0 atom stereocenters. The molecule has 3 rings (SSSR count). The van der Waals surface area contributed by atoms with E-state index in [-0.39, 0.29) is 10.8 Å². The Labute approximate surface area is 166 Å². The van der Waals surface area contributed by atoms with Crippen LogP contribution in [-0.4, -0.2) is 44.9 Å². The summed E-state index contributed by atoms with van der Waals surface area (Å²) in [5.41, 5.74) is 2.79. The molecule has 1 N–H and O–H groups in total. The SMILES string of the molecule is Cc1ccc(NC(=O)c2ccc(C(C)C)cc2)cc1S(=O)(=O)N1CCOCC1. The van der Waals surface area contributed by atoms with Gasteiger partial charge in [0.25, 0.3) is 5.91 Å². The number of sulfonamides is 1. The van der Waals surface area contributed by atoms with Gasteiger partial charge in [0.2, 0.25) is 10.0 Å². The third-order valence-electron chi connectivity index (χ3n) is 4.87. The number of amides is 1. The molecule has 7 heteroatoms. The van der Waals surface area contributed by atoms with Gasteiger partial charge in [0.1, 0.15) is 0 Å². The summed E-state index contributed by atoms with van der Waals surface area (Å²) < 4.78 is 32.6. The third kappa shape index (κ3) is 4.43. The molecule has 1 saturated heterocycles. The fraction of sp³-hybridized carbons (Fsp3) is 0.381. The van der Waals surface area contributed by atoms with Gasteiger partial charge in [0, 0.05) is 24.3 Å². The molecule has 0 spiro atoms. The number of carbonyl (C=O) groups excluding carboxylic acids is 1. The standard InChI is InChI=1S/C21H26N2O4S/c1-15(2)17-5-7-18(8-6-17)21(24)22-19-9-4-16(3)20(14-19)28(25,26)23-10-12-27-13-11-23/h4-9,14-15H,10-13H2,1-3H3,(H,22,24). The van der Waals surface area contributed by atoms with Crippen molar-refractivity contribution in [2.45, 2.75) is 31.6 Å². The lowest BCUT2D eigenvalue weighted by Crippen LogP contribution is -2.40. The zero-order chi connectivity index (χ0) is 20.3. The first-order chi connectivity index (χ1) is 13.3. The number of ether oxygens (including phenoxy) is 1. The largest absolute Gasteiger partial charge is 0.379 e. The van der Waals surface area contributed by atoms with E-state index in [4.69, 9.17) is 4.74 Å². The molecule has 0 unspecified atom stereocenters. The van der Waals surface area contributed by atoms with Gasteiger partial charge in [-0.3, -0.25) is 4.79 Å². The van der Waals surface area contributed by atoms with Gasteiger partial charge in [0.05, 0.1) is 18.1 Å². The van der Waals surface area contributed by atoms with E-state index in [2.05, 4.69) is 19.2 Å². The number of nitrogens with one attached hydrogen (secondary N) is 1. The number of aryl methyl sites for hydroxylation is 1. The van der Waals surface area contributed by atoms with E-state index in [1.165, 1.54) is 10.4 Å². The summed E-state index contributed by atoms with van der Waals surface area (Å²) in [7, 11) is -3.63. The van der Waals surface area contributed by atoms with Crippen LogP contribution in [-0.2, 0) is 14.8 Å². The molecule has 6 nitrogen and oxygen atoms in total. The van der Waals surface area contributed by atoms with Crippen LogP contribution < -0.4 is 5.32 Å². The van der Waals surface area contributed by atoms with Crippen LogP contribution in [0.25, 0.3) is 0 Å². The van der Waals surface area contributed by atoms with Gasteiger partial charge in [-0.2, -0.15) is 4.31 Å². The number of benzene rings is 2. The van der Waals surface area contributed by atoms with Crippen molar-refractivity contribution in [3.05, 3.63) is 59.2 Å². The van der Waals surface area contributed by atoms with Gasteiger partial charge in [-0.1, -0.05) is 32.0 Å². The molecule has 1 aliphatic rings. The predicted molar refractivity (Wildman–Crippen MR) is 109 cm³/mol. The van der Waals surface area contributed by atoms with Crippen LogP contribution in [0.5, 0.6) is 0 Å². The van der Waals surface area contributed by atoms with E-state index in [9.17, 15) is 13.2 Å². The molecular weight excluding hydrogens is 376 g/mol. The number of anilines is 1. The molecule has 0 bridgehead atoms. The number of morpholine rings is 1. The van der Waals surface area contributed by atoms with E-state index in [1.54, 1.807) is 31.2 Å². The van der Waals surface area contributed by atoms with Crippen molar-refractivity contribution >= 4 is 21.6 Å². The molecule has 0 aromatic heterocycles. The quantitative estimate of drug-likeness (QED) is 0.832. The monoisotopic (exact) mass is 402 g/mol. The zero-order valence-electron chi connectivity index (χ0n) is 16.4. The van der Waals surface area contributed by atoms with Crippen molar-refractivity contribution < 1.29 is 17.9 Å². The number of rotatable bonds is 5. The van der Waals surface area contributed by atoms with E-state index < -0.39 is 10.0 Å².